The van der Waals surface area contributed by atoms with Crippen molar-refractivity contribution in [3.05, 3.63) is 58.1 Å². The maximum atomic E-state index is 6.33. The SMILES string of the molecule is CCOc1ccccc1C1C[C@@H](N)c2cc(Br)ccc2O1. The molecule has 0 bridgehead atoms. The van der Waals surface area contributed by atoms with E-state index < -0.39 is 0 Å². The van der Waals surface area contributed by atoms with Crippen LogP contribution in [0.25, 0.3) is 0 Å². The highest BCUT2D eigenvalue weighted by molar-refractivity contribution is 9.10. The van der Waals surface area contributed by atoms with Crippen molar-refractivity contribution in [3.63, 3.8) is 0 Å². The molecule has 3 rings (SSSR count). The standard InChI is InChI=1S/C17H18BrNO2/c1-2-20-15-6-4-3-5-12(15)17-10-14(19)13-9-11(18)7-8-16(13)21-17/h3-9,14,17H,2,10,19H2,1H3/t14-,17?/m1/s1. The van der Waals surface area contributed by atoms with Gasteiger partial charge in [-0.2, -0.15) is 0 Å². The molecular formula is C17H18BrNO2. The van der Waals surface area contributed by atoms with Gasteiger partial charge in [-0.15, -0.1) is 0 Å². The minimum absolute atomic E-state index is 0.0362. The molecule has 2 aromatic carbocycles. The zero-order valence-electron chi connectivity index (χ0n) is 11.9. The second-order valence-electron chi connectivity index (χ2n) is 5.10. The van der Waals surface area contributed by atoms with Crippen molar-refractivity contribution in [2.24, 2.45) is 5.73 Å². The van der Waals surface area contributed by atoms with Crippen LogP contribution in [0, 0.1) is 0 Å². The summed E-state index contributed by atoms with van der Waals surface area (Å²) in [5, 5.41) is 0. The third kappa shape index (κ3) is 2.92. The van der Waals surface area contributed by atoms with Gasteiger partial charge in [0.2, 0.25) is 0 Å². The Morgan fingerprint density at radius 2 is 2.05 bits per heavy atom. The predicted octanol–water partition coefficient (Wildman–Crippen LogP) is 4.37. The molecule has 0 radical (unpaired) electrons. The van der Waals surface area contributed by atoms with E-state index >= 15 is 0 Å². The van der Waals surface area contributed by atoms with Crippen LogP contribution in [0.2, 0.25) is 0 Å². The lowest BCUT2D eigenvalue weighted by molar-refractivity contribution is 0.156. The molecule has 0 amide bonds. The number of benzene rings is 2. The molecule has 1 heterocycles. The number of nitrogens with two attached hydrogens (primary N) is 1. The zero-order chi connectivity index (χ0) is 14.8. The Labute approximate surface area is 133 Å². The van der Waals surface area contributed by atoms with Crippen LogP contribution in [-0.2, 0) is 0 Å². The molecule has 3 nitrogen and oxygen atoms in total. The van der Waals surface area contributed by atoms with E-state index in [-0.39, 0.29) is 12.1 Å². The summed E-state index contributed by atoms with van der Waals surface area (Å²) in [6, 6.07) is 13.9. The molecule has 1 aliphatic rings. The quantitative estimate of drug-likeness (QED) is 0.896. The predicted molar refractivity (Wildman–Crippen MR) is 86.7 cm³/mol. The smallest absolute Gasteiger partial charge is 0.129 e. The van der Waals surface area contributed by atoms with Gasteiger partial charge in [0.25, 0.3) is 0 Å². The molecule has 21 heavy (non-hydrogen) atoms. The lowest BCUT2D eigenvalue weighted by Crippen LogP contribution is -2.24. The van der Waals surface area contributed by atoms with E-state index in [1.165, 1.54) is 0 Å². The van der Waals surface area contributed by atoms with Crippen molar-refractivity contribution in [1.29, 1.82) is 0 Å². The van der Waals surface area contributed by atoms with Crippen LogP contribution in [0.3, 0.4) is 0 Å². The van der Waals surface area contributed by atoms with Gasteiger partial charge >= 0.3 is 0 Å². The second kappa shape index (κ2) is 6.08. The fraction of sp³-hybridized carbons (Fsp3) is 0.294. The van der Waals surface area contributed by atoms with Gasteiger partial charge in [-0.05, 0) is 31.2 Å². The van der Waals surface area contributed by atoms with E-state index in [1.54, 1.807) is 0 Å². The van der Waals surface area contributed by atoms with Gasteiger partial charge in [-0.1, -0.05) is 34.1 Å². The summed E-state index contributed by atoms with van der Waals surface area (Å²) in [5.74, 6) is 1.73. The van der Waals surface area contributed by atoms with Gasteiger partial charge in [0.1, 0.15) is 17.6 Å². The fourth-order valence-corrected chi connectivity index (χ4v) is 3.08. The average molecular weight is 348 g/mol. The third-order valence-corrected chi connectivity index (χ3v) is 4.17. The maximum absolute atomic E-state index is 6.33. The summed E-state index contributed by atoms with van der Waals surface area (Å²) in [7, 11) is 0. The summed E-state index contributed by atoms with van der Waals surface area (Å²) in [5.41, 5.74) is 8.43. The Kier molecular flexibility index (Phi) is 4.17. The van der Waals surface area contributed by atoms with E-state index in [2.05, 4.69) is 15.9 Å². The molecule has 1 unspecified atom stereocenters. The van der Waals surface area contributed by atoms with E-state index in [0.29, 0.717) is 6.61 Å². The maximum Gasteiger partial charge on any atom is 0.129 e. The molecule has 2 atom stereocenters. The molecule has 2 aromatic rings. The second-order valence-corrected chi connectivity index (χ2v) is 6.02. The molecule has 2 N–H and O–H groups in total. The molecule has 0 saturated carbocycles. The first-order chi connectivity index (χ1) is 10.2. The van der Waals surface area contributed by atoms with Crippen molar-refractivity contribution in [2.45, 2.75) is 25.5 Å². The summed E-state index contributed by atoms with van der Waals surface area (Å²) >= 11 is 3.48. The molecule has 0 aliphatic carbocycles. The van der Waals surface area contributed by atoms with Crippen molar-refractivity contribution < 1.29 is 9.47 Å². The largest absolute Gasteiger partial charge is 0.493 e. The minimum atomic E-state index is -0.0728. The highest BCUT2D eigenvalue weighted by Crippen LogP contribution is 2.42. The lowest BCUT2D eigenvalue weighted by atomic mass is 9.93. The first-order valence-corrected chi connectivity index (χ1v) is 7.91. The van der Waals surface area contributed by atoms with Crippen molar-refractivity contribution in [3.8, 4) is 11.5 Å². The average Bonchev–Trinajstić information content (AvgIpc) is 2.49. The van der Waals surface area contributed by atoms with Gasteiger partial charge in [0, 0.05) is 28.1 Å². The highest BCUT2D eigenvalue weighted by Gasteiger charge is 2.28. The molecule has 0 saturated heterocycles. The summed E-state index contributed by atoms with van der Waals surface area (Å²) in [6.45, 7) is 2.62. The Balaban J connectivity index is 1.94. The van der Waals surface area contributed by atoms with E-state index in [9.17, 15) is 0 Å². The highest BCUT2D eigenvalue weighted by atomic mass is 79.9. The van der Waals surface area contributed by atoms with E-state index in [0.717, 1.165) is 33.5 Å². The van der Waals surface area contributed by atoms with Crippen molar-refractivity contribution in [1.82, 2.24) is 0 Å². The van der Waals surface area contributed by atoms with Crippen LogP contribution in [0.4, 0.5) is 0 Å². The van der Waals surface area contributed by atoms with Gasteiger partial charge in [-0.25, -0.2) is 0 Å². The number of ether oxygens (including phenoxy) is 2. The minimum Gasteiger partial charge on any atom is -0.493 e. The first kappa shape index (κ1) is 14.4. The van der Waals surface area contributed by atoms with Crippen LogP contribution >= 0.6 is 15.9 Å². The van der Waals surface area contributed by atoms with Crippen LogP contribution in [0.15, 0.2) is 46.9 Å². The number of hydrogen-bond acceptors (Lipinski definition) is 3. The lowest BCUT2D eigenvalue weighted by Gasteiger charge is -2.31. The summed E-state index contributed by atoms with van der Waals surface area (Å²) in [4.78, 5) is 0. The Bertz CT molecular complexity index is 644. The summed E-state index contributed by atoms with van der Waals surface area (Å²) in [6.07, 6.45) is 0.671. The number of fused-ring (bicyclic) bond motifs is 1. The molecule has 4 heteroatoms. The molecule has 0 fully saturated rings. The van der Waals surface area contributed by atoms with Gasteiger partial charge in [0.15, 0.2) is 0 Å². The van der Waals surface area contributed by atoms with Crippen LogP contribution < -0.4 is 15.2 Å². The molecular weight excluding hydrogens is 330 g/mol. The van der Waals surface area contributed by atoms with Crippen LogP contribution in [-0.4, -0.2) is 6.61 Å². The zero-order valence-corrected chi connectivity index (χ0v) is 13.5. The van der Waals surface area contributed by atoms with Crippen molar-refractivity contribution in [2.75, 3.05) is 6.61 Å². The Morgan fingerprint density at radius 3 is 2.86 bits per heavy atom. The molecule has 0 aromatic heterocycles. The molecule has 0 spiro atoms. The Morgan fingerprint density at radius 1 is 1.24 bits per heavy atom. The van der Waals surface area contributed by atoms with E-state index in [4.69, 9.17) is 15.2 Å². The van der Waals surface area contributed by atoms with E-state index in [1.807, 2.05) is 49.4 Å². The van der Waals surface area contributed by atoms with Gasteiger partial charge < -0.3 is 15.2 Å². The normalized spacial score (nSPS) is 20.5. The fourth-order valence-electron chi connectivity index (χ4n) is 2.70. The molecule has 110 valence electrons. The molecule has 1 aliphatic heterocycles. The number of rotatable bonds is 3. The Hall–Kier alpha value is -1.52. The summed E-state index contributed by atoms with van der Waals surface area (Å²) < 4.78 is 12.9. The monoisotopic (exact) mass is 347 g/mol. The van der Waals surface area contributed by atoms with Gasteiger partial charge in [0.05, 0.1) is 6.61 Å². The van der Waals surface area contributed by atoms with Crippen molar-refractivity contribution >= 4 is 15.9 Å². The first-order valence-electron chi connectivity index (χ1n) is 7.12. The topological polar surface area (TPSA) is 44.5 Å². The number of halogens is 1. The van der Waals surface area contributed by atoms with Gasteiger partial charge in [-0.3, -0.25) is 0 Å². The third-order valence-electron chi connectivity index (χ3n) is 3.67. The number of hydrogen-bond donors (Lipinski definition) is 1. The van der Waals surface area contributed by atoms with Crippen LogP contribution in [0.5, 0.6) is 11.5 Å². The number of para-hydroxylation sites is 1. The van der Waals surface area contributed by atoms with Crippen LogP contribution in [0.1, 0.15) is 36.6 Å².